The predicted octanol–water partition coefficient (Wildman–Crippen LogP) is 2.85. The van der Waals surface area contributed by atoms with Crippen LogP contribution in [0.4, 0.5) is 0 Å². The molecular weight excluding hydrogens is 258 g/mol. The van der Waals surface area contributed by atoms with Gasteiger partial charge in [-0.2, -0.15) is 0 Å². The predicted molar refractivity (Wildman–Crippen MR) is 81.6 cm³/mol. The molecule has 0 atom stereocenters. The molecule has 0 N–H and O–H groups in total. The Labute approximate surface area is 124 Å². The van der Waals surface area contributed by atoms with Crippen molar-refractivity contribution in [3.8, 4) is 22.5 Å². The molecule has 1 aliphatic rings. The SMILES string of the molecule is Cc1ccccc1-c1ncc2c([n+]1C)Cc1ccncc1-2. The molecule has 0 fully saturated rings. The lowest BCUT2D eigenvalue weighted by Crippen LogP contribution is -2.37. The molecule has 3 heteroatoms. The zero-order valence-corrected chi connectivity index (χ0v) is 12.2. The number of nitrogens with zero attached hydrogens (tertiary/aromatic N) is 3. The van der Waals surface area contributed by atoms with E-state index in [4.69, 9.17) is 4.98 Å². The molecule has 2 heterocycles. The molecule has 0 unspecified atom stereocenters. The van der Waals surface area contributed by atoms with Gasteiger partial charge in [0.1, 0.15) is 5.69 Å². The highest BCUT2D eigenvalue weighted by Crippen LogP contribution is 2.34. The molecule has 1 aromatic carbocycles. The van der Waals surface area contributed by atoms with Crippen LogP contribution in [0, 0.1) is 6.92 Å². The fourth-order valence-corrected chi connectivity index (χ4v) is 3.11. The van der Waals surface area contributed by atoms with Crippen LogP contribution in [0.1, 0.15) is 16.8 Å². The second kappa shape index (κ2) is 4.48. The molecule has 1 aliphatic carbocycles. The van der Waals surface area contributed by atoms with E-state index in [-0.39, 0.29) is 0 Å². The molecule has 3 nitrogen and oxygen atoms in total. The van der Waals surface area contributed by atoms with Gasteiger partial charge in [-0.25, -0.2) is 4.57 Å². The number of aryl methyl sites for hydroxylation is 1. The lowest BCUT2D eigenvalue weighted by molar-refractivity contribution is -0.669. The average Bonchev–Trinajstić information content (AvgIpc) is 2.89. The summed E-state index contributed by atoms with van der Waals surface area (Å²) >= 11 is 0. The Morgan fingerprint density at radius 1 is 1.00 bits per heavy atom. The van der Waals surface area contributed by atoms with Crippen LogP contribution in [0.15, 0.2) is 48.9 Å². The first-order valence-electron chi connectivity index (χ1n) is 7.13. The average molecular weight is 274 g/mol. The number of rotatable bonds is 1. The Morgan fingerprint density at radius 3 is 2.71 bits per heavy atom. The summed E-state index contributed by atoms with van der Waals surface area (Å²) in [6.45, 7) is 2.13. The van der Waals surface area contributed by atoms with E-state index in [0.717, 1.165) is 12.2 Å². The van der Waals surface area contributed by atoms with Crippen molar-refractivity contribution in [3.63, 3.8) is 0 Å². The maximum absolute atomic E-state index is 4.72. The van der Waals surface area contributed by atoms with E-state index < -0.39 is 0 Å². The third-order valence-corrected chi connectivity index (χ3v) is 4.29. The number of fused-ring (bicyclic) bond motifs is 3. The minimum Gasteiger partial charge on any atom is -0.264 e. The molecule has 0 bridgehead atoms. The maximum Gasteiger partial charge on any atom is 0.330 e. The van der Waals surface area contributed by atoms with E-state index in [2.05, 4.69) is 53.9 Å². The van der Waals surface area contributed by atoms with E-state index in [1.165, 1.54) is 33.5 Å². The summed E-state index contributed by atoms with van der Waals surface area (Å²) in [5.41, 5.74) is 7.50. The van der Waals surface area contributed by atoms with E-state index in [0.29, 0.717) is 0 Å². The Morgan fingerprint density at radius 2 is 1.86 bits per heavy atom. The van der Waals surface area contributed by atoms with Crippen molar-refractivity contribution in [2.75, 3.05) is 0 Å². The highest BCUT2D eigenvalue weighted by molar-refractivity contribution is 5.73. The lowest BCUT2D eigenvalue weighted by atomic mass is 10.1. The zero-order valence-electron chi connectivity index (χ0n) is 12.2. The first kappa shape index (κ1) is 12.2. The quantitative estimate of drug-likeness (QED) is 0.500. The molecule has 2 aromatic heterocycles. The van der Waals surface area contributed by atoms with Crippen molar-refractivity contribution in [3.05, 3.63) is 65.7 Å². The van der Waals surface area contributed by atoms with Gasteiger partial charge in [0.25, 0.3) is 0 Å². The standard InChI is InChI=1S/C18H16N3/c1-12-5-3-4-6-14(12)18-20-11-16-15-10-19-8-7-13(15)9-17(16)21(18)2/h3-8,10-11H,9H2,1-2H3/q+1. The topological polar surface area (TPSA) is 29.7 Å². The largest absolute Gasteiger partial charge is 0.330 e. The Bertz CT molecular complexity index is 853. The number of hydrogen-bond donors (Lipinski definition) is 0. The second-order valence-corrected chi connectivity index (χ2v) is 5.53. The van der Waals surface area contributed by atoms with Crippen molar-refractivity contribution in [2.45, 2.75) is 13.3 Å². The lowest BCUT2D eigenvalue weighted by Gasteiger charge is -2.06. The van der Waals surface area contributed by atoms with Crippen LogP contribution < -0.4 is 4.57 Å². The molecule has 0 saturated carbocycles. The molecule has 0 saturated heterocycles. The van der Waals surface area contributed by atoms with Gasteiger partial charge in [-0.05, 0) is 35.2 Å². The number of aromatic nitrogens is 3. The Hall–Kier alpha value is -2.55. The van der Waals surface area contributed by atoms with E-state index in [1.807, 2.05) is 18.6 Å². The summed E-state index contributed by atoms with van der Waals surface area (Å²) in [7, 11) is 2.10. The van der Waals surface area contributed by atoms with Crippen molar-refractivity contribution in [2.24, 2.45) is 7.05 Å². The molecular formula is C18H16N3+. The summed E-state index contributed by atoms with van der Waals surface area (Å²) < 4.78 is 2.22. The van der Waals surface area contributed by atoms with Gasteiger partial charge in [-0.1, -0.05) is 18.2 Å². The molecule has 0 amide bonds. The van der Waals surface area contributed by atoms with Crippen LogP contribution in [-0.2, 0) is 13.5 Å². The second-order valence-electron chi connectivity index (χ2n) is 5.53. The van der Waals surface area contributed by atoms with Gasteiger partial charge in [-0.3, -0.25) is 4.98 Å². The van der Waals surface area contributed by atoms with Gasteiger partial charge in [0, 0.05) is 24.4 Å². The zero-order chi connectivity index (χ0) is 14.4. The molecule has 0 spiro atoms. The number of benzene rings is 1. The van der Waals surface area contributed by atoms with Gasteiger partial charge in [0.15, 0.2) is 6.20 Å². The molecule has 0 aliphatic heterocycles. The Balaban J connectivity index is 1.93. The van der Waals surface area contributed by atoms with Gasteiger partial charge in [-0.15, -0.1) is 0 Å². The summed E-state index contributed by atoms with van der Waals surface area (Å²) in [5.74, 6) is 1.02. The van der Waals surface area contributed by atoms with Crippen LogP contribution in [0.3, 0.4) is 0 Å². The van der Waals surface area contributed by atoms with Crippen LogP contribution in [-0.4, -0.2) is 9.97 Å². The van der Waals surface area contributed by atoms with Crippen LogP contribution >= 0.6 is 0 Å². The van der Waals surface area contributed by atoms with Gasteiger partial charge in [0.05, 0.1) is 18.2 Å². The maximum atomic E-state index is 4.72. The molecule has 4 rings (SSSR count). The van der Waals surface area contributed by atoms with Gasteiger partial charge in [0.2, 0.25) is 0 Å². The number of pyridine rings is 1. The third kappa shape index (κ3) is 1.77. The van der Waals surface area contributed by atoms with E-state index in [1.54, 1.807) is 0 Å². The van der Waals surface area contributed by atoms with Crippen LogP contribution in [0.5, 0.6) is 0 Å². The van der Waals surface area contributed by atoms with E-state index >= 15 is 0 Å². The summed E-state index contributed by atoms with van der Waals surface area (Å²) in [4.78, 5) is 8.96. The molecule has 21 heavy (non-hydrogen) atoms. The van der Waals surface area contributed by atoms with Crippen molar-refractivity contribution in [1.29, 1.82) is 0 Å². The van der Waals surface area contributed by atoms with Crippen LogP contribution in [0.2, 0.25) is 0 Å². The van der Waals surface area contributed by atoms with Crippen molar-refractivity contribution in [1.82, 2.24) is 9.97 Å². The molecule has 3 aromatic rings. The monoisotopic (exact) mass is 274 g/mol. The van der Waals surface area contributed by atoms with E-state index in [9.17, 15) is 0 Å². The van der Waals surface area contributed by atoms with Gasteiger partial charge < -0.3 is 0 Å². The fourth-order valence-electron chi connectivity index (χ4n) is 3.11. The third-order valence-electron chi connectivity index (χ3n) is 4.29. The highest BCUT2D eigenvalue weighted by atomic mass is 15.0. The smallest absolute Gasteiger partial charge is 0.264 e. The highest BCUT2D eigenvalue weighted by Gasteiger charge is 2.28. The first-order chi connectivity index (χ1) is 10.3. The fraction of sp³-hybridized carbons (Fsp3) is 0.167. The minimum absolute atomic E-state index is 0.949. The molecule has 0 radical (unpaired) electrons. The number of hydrogen-bond acceptors (Lipinski definition) is 2. The van der Waals surface area contributed by atoms with Crippen molar-refractivity contribution >= 4 is 0 Å². The van der Waals surface area contributed by atoms with Gasteiger partial charge >= 0.3 is 5.82 Å². The normalized spacial score (nSPS) is 12.1. The first-order valence-corrected chi connectivity index (χ1v) is 7.13. The molecule has 102 valence electrons. The van der Waals surface area contributed by atoms with Crippen LogP contribution in [0.25, 0.3) is 22.5 Å². The Kier molecular flexibility index (Phi) is 2.61. The summed E-state index contributed by atoms with van der Waals surface area (Å²) in [6.07, 6.45) is 6.74. The minimum atomic E-state index is 0.949. The van der Waals surface area contributed by atoms with Crippen molar-refractivity contribution < 1.29 is 4.57 Å². The summed E-state index contributed by atoms with van der Waals surface area (Å²) in [5, 5.41) is 0. The summed E-state index contributed by atoms with van der Waals surface area (Å²) in [6, 6.07) is 10.5.